The average Bonchev–Trinajstić information content (AvgIpc) is 3.39. The van der Waals surface area contributed by atoms with Crippen molar-refractivity contribution in [3.63, 3.8) is 0 Å². The first-order chi connectivity index (χ1) is 18.2. The molecule has 0 aromatic heterocycles. The molecule has 38 heavy (non-hydrogen) atoms. The molecular weight excluding hydrogens is 502 g/mol. The topological polar surface area (TPSA) is 106 Å². The zero-order chi connectivity index (χ0) is 27.3. The number of nitriles is 1. The highest BCUT2D eigenvalue weighted by atomic mass is 32.2. The maximum absolute atomic E-state index is 13.4. The standard InChI is InChI=1S/C28H37N5O4S/c1-21-18-32(19-22(2)33(21)38(35,36)25-9-6-8-24(16-25)17-29)20-28(34)30-26-10-7-11-27(23(26)3)37-15-14-31-12-4-5-13-31/h6-11,16,21-22H,4-5,12-15,18-20H2,1-3H3,(H,30,34)/t21-,22?/m0/s1. The van der Waals surface area contributed by atoms with Crippen LogP contribution in [0.25, 0.3) is 0 Å². The van der Waals surface area contributed by atoms with E-state index in [9.17, 15) is 13.2 Å². The van der Waals surface area contributed by atoms with Crippen LogP contribution in [0.1, 0.15) is 37.8 Å². The third-order valence-corrected chi connectivity index (χ3v) is 9.37. The molecule has 2 aliphatic heterocycles. The van der Waals surface area contributed by atoms with Gasteiger partial charge in [-0.3, -0.25) is 14.6 Å². The Balaban J connectivity index is 1.34. The van der Waals surface area contributed by atoms with Crippen molar-refractivity contribution in [2.75, 3.05) is 51.2 Å². The lowest BCUT2D eigenvalue weighted by Crippen LogP contribution is -2.59. The van der Waals surface area contributed by atoms with Crippen molar-refractivity contribution in [3.8, 4) is 11.8 Å². The van der Waals surface area contributed by atoms with Crippen molar-refractivity contribution in [2.45, 2.75) is 50.6 Å². The molecule has 4 rings (SSSR count). The van der Waals surface area contributed by atoms with E-state index in [0.717, 1.165) is 30.9 Å². The van der Waals surface area contributed by atoms with Crippen molar-refractivity contribution >= 4 is 21.6 Å². The minimum absolute atomic E-state index is 0.111. The molecule has 2 atom stereocenters. The number of likely N-dealkylation sites (tertiary alicyclic amines) is 1. The lowest BCUT2D eigenvalue weighted by atomic mass is 10.1. The second-order valence-electron chi connectivity index (χ2n) is 10.2. The van der Waals surface area contributed by atoms with Crippen LogP contribution < -0.4 is 10.1 Å². The Morgan fingerprint density at radius 1 is 1.08 bits per heavy atom. The van der Waals surface area contributed by atoms with E-state index < -0.39 is 10.0 Å². The van der Waals surface area contributed by atoms with Gasteiger partial charge < -0.3 is 10.1 Å². The zero-order valence-electron chi connectivity index (χ0n) is 22.4. The first-order valence-corrected chi connectivity index (χ1v) is 14.6. The minimum atomic E-state index is -3.78. The smallest absolute Gasteiger partial charge is 0.243 e. The normalized spacial score (nSPS) is 21.2. The maximum Gasteiger partial charge on any atom is 0.243 e. The molecule has 10 heteroatoms. The molecule has 1 amide bonds. The summed E-state index contributed by atoms with van der Waals surface area (Å²) in [6.45, 7) is 10.4. The van der Waals surface area contributed by atoms with Crippen LogP contribution >= 0.6 is 0 Å². The molecule has 2 saturated heterocycles. The number of hydrogen-bond donors (Lipinski definition) is 1. The molecule has 1 unspecified atom stereocenters. The summed E-state index contributed by atoms with van der Waals surface area (Å²) in [5, 5.41) is 12.2. The quantitative estimate of drug-likeness (QED) is 0.522. The zero-order valence-corrected chi connectivity index (χ0v) is 23.2. The number of hydrogen-bond acceptors (Lipinski definition) is 7. The third-order valence-electron chi connectivity index (χ3n) is 7.24. The van der Waals surface area contributed by atoms with Crippen LogP contribution in [-0.2, 0) is 14.8 Å². The molecule has 0 radical (unpaired) electrons. The van der Waals surface area contributed by atoms with Gasteiger partial charge in [0.2, 0.25) is 15.9 Å². The van der Waals surface area contributed by atoms with Gasteiger partial charge in [0.25, 0.3) is 0 Å². The lowest BCUT2D eigenvalue weighted by molar-refractivity contribution is -0.118. The van der Waals surface area contributed by atoms with Gasteiger partial charge in [-0.2, -0.15) is 9.57 Å². The average molecular weight is 540 g/mol. The van der Waals surface area contributed by atoms with Gasteiger partial charge in [-0.05, 0) is 77.0 Å². The third kappa shape index (κ3) is 6.53. The van der Waals surface area contributed by atoms with Gasteiger partial charge in [-0.1, -0.05) is 12.1 Å². The Labute approximate surface area is 226 Å². The van der Waals surface area contributed by atoms with Crippen molar-refractivity contribution in [1.82, 2.24) is 14.1 Å². The van der Waals surface area contributed by atoms with E-state index in [1.54, 1.807) is 12.1 Å². The number of rotatable bonds is 9. The molecule has 2 heterocycles. The van der Waals surface area contributed by atoms with Crippen LogP contribution in [-0.4, -0.2) is 86.4 Å². The summed E-state index contributed by atoms with van der Waals surface area (Å²) in [5.74, 6) is 0.614. The Bertz CT molecular complexity index is 1270. The van der Waals surface area contributed by atoms with Crippen molar-refractivity contribution in [1.29, 1.82) is 5.26 Å². The van der Waals surface area contributed by atoms with Gasteiger partial charge in [0.1, 0.15) is 12.4 Å². The highest BCUT2D eigenvalue weighted by molar-refractivity contribution is 7.89. The number of carbonyl (C=O) groups excluding carboxylic acids is 1. The Morgan fingerprint density at radius 3 is 2.45 bits per heavy atom. The maximum atomic E-state index is 13.4. The number of piperazine rings is 1. The van der Waals surface area contributed by atoms with Crippen molar-refractivity contribution in [2.24, 2.45) is 0 Å². The molecule has 0 saturated carbocycles. The first-order valence-electron chi connectivity index (χ1n) is 13.2. The summed E-state index contributed by atoms with van der Waals surface area (Å²) in [4.78, 5) is 17.4. The number of benzene rings is 2. The SMILES string of the molecule is Cc1c(NC(=O)CN2CC(C)N(S(=O)(=O)c3cccc(C#N)c3)[C@@H](C)C2)cccc1OCCN1CCCC1. The van der Waals surface area contributed by atoms with Gasteiger partial charge in [-0.25, -0.2) is 8.42 Å². The fourth-order valence-electron chi connectivity index (χ4n) is 5.46. The molecule has 2 fully saturated rings. The Kier molecular flexibility index (Phi) is 9.05. The van der Waals surface area contributed by atoms with E-state index >= 15 is 0 Å². The van der Waals surface area contributed by atoms with Crippen LogP contribution in [0.4, 0.5) is 5.69 Å². The predicted octanol–water partition coefficient (Wildman–Crippen LogP) is 3.06. The van der Waals surface area contributed by atoms with Gasteiger partial charge in [0, 0.05) is 43.0 Å². The first kappa shape index (κ1) is 28.0. The number of sulfonamides is 1. The molecule has 2 aromatic carbocycles. The highest BCUT2D eigenvalue weighted by Gasteiger charge is 2.39. The van der Waals surface area contributed by atoms with Crippen LogP contribution in [0.3, 0.4) is 0 Å². The minimum Gasteiger partial charge on any atom is -0.492 e. The largest absolute Gasteiger partial charge is 0.492 e. The highest BCUT2D eigenvalue weighted by Crippen LogP contribution is 2.27. The Morgan fingerprint density at radius 2 is 1.76 bits per heavy atom. The van der Waals surface area contributed by atoms with Gasteiger partial charge in [0.05, 0.1) is 23.1 Å². The molecule has 0 aliphatic carbocycles. The number of amides is 1. The number of ether oxygens (including phenoxy) is 1. The van der Waals surface area contributed by atoms with E-state index in [4.69, 9.17) is 10.00 Å². The molecule has 0 spiro atoms. The molecule has 1 N–H and O–H groups in total. The fourth-order valence-corrected chi connectivity index (χ4v) is 7.31. The second kappa shape index (κ2) is 12.3. The lowest BCUT2D eigenvalue weighted by Gasteiger charge is -2.43. The number of nitrogens with zero attached hydrogens (tertiary/aromatic N) is 4. The monoisotopic (exact) mass is 539 g/mol. The van der Waals surface area contributed by atoms with E-state index in [-0.39, 0.29) is 29.4 Å². The summed E-state index contributed by atoms with van der Waals surface area (Å²) in [7, 11) is -3.78. The molecule has 204 valence electrons. The van der Waals surface area contributed by atoms with Gasteiger partial charge in [-0.15, -0.1) is 0 Å². The van der Waals surface area contributed by atoms with E-state index in [1.807, 2.05) is 49.9 Å². The predicted molar refractivity (Wildman–Crippen MR) is 147 cm³/mol. The van der Waals surface area contributed by atoms with Crippen LogP contribution in [0.2, 0.25) is 0 Å². The number of nitrogens with one attached hydrogen (secondary N) is 1. The number of carbonyl (C=O) groups is 1. The molecule has 0 bridgehead atoms. The van der Waals surface area contributed by atoms with Crippen LogP contribution in [0.15, 0.2) is 47.4 Å². The molecule has 2 aliphatic rings. The van der Waals surface area contributed by atoms with E-state index in [2.05, 4.69) is 10.2 Å². The second-order valence-corrected chi connectivity index (χ2v) is 12.1. The Hall–Kier alpha value is -2.97. The molecule has 9 nitrogen and oxygen atoms in total. The summed E-state index contributed by atoms with van der Waals surface area (Å²) in [6, 6.07) is 13.1. The fraction of sp³-hybridized carbons (Fsp3) is 0.500. The summed E-state index contributed by atoms with van der Waals surface area (Å²) in [6.07, 6.45) is 2.50. The molecular formula is C28H37N5O4S. The number of anilines is 1. The van der Waals surface area contributed by atoms with E-state index in [0.29, 0.717) is 30.9 Å². The van der Waals surface area contributed by atoms with Gasteiger partial charge >= 0.3 is 0 Å². The summed E-state index contributed by atoms with van der Waals surface area (Å²) >= 11 is 0. The van der Waals surface area contributed by atoms with Gasteiger partial charge in [0.15, 0.2) is 0 Å². The van der Waals surface area contributed by atoms with E-state index in [1.165, 1.54) is 29.3 Å². The molecule has 2 aromatic rings. The van der Waals surface area contributed by atoms with Crippen LogP contribution in [0.5, 0.6) is 5.75 Å². The summed E-state index contributed by atoms with van der Waals surface area (Å²) < 4.78 is 34.2. The summed E-state index contributed by atoms with van der Waals surface area (Å²) in [5.41, 5.74) is 1.91. The van der Waals surface area contributed by atoms with Crippen LogP contribution in [0, 0.1) is 18.3 Å². The van der Waals surface area contributed by atoms with Crippen molar-refractivity contribution < 1.29 is 17.9 Å². The van der Waals surface area contributed by atoms with Crippen molar-refractivity contribution in [3.05, 3.63) is 53.6 Å².